The number of ether oxygens (including phenoxy) is 1. The van der Waals surface area contributed by atoms with Crippen molar-refractivity contribution in [2.24, 2.45) is 5.92 Å². The van der Waals surface area contributed by atoms with Crippen LogP contribution in [0.3, 0.4) is 0 Å². The smallest absolute Gasteiger partial charge is 0.109 e. The molecule has 1 aliphatic carbocycles. The Balaban J connectivity index is 1.36. The lowest BCUT2D eigenvalue weighted by Crippen LogP contribution is -2.44. The molecule has 2 heterocycles. The number of nitrogens with zero attached hydrogens (tertiary/aromatic N) is 1. The van der Waals surface area contributed by atoms with E-state index in [1.165, 1.54) is 49.8 Å². The van der Waals surface area contributed by atoms with Crippen molar-refractivity contribution >= 4 is 23.2 Å². The molecule has 1 saturated heterocycles. The van der Waals surface area contributed by atoms with Crippen molar-refractivity contribution in [3.8, 4) is 0 Å². The number of hydrogen-bond donors (Lipinski definition) is 0. The van der Waals surface area contributed by atoms with Crippen LogP contribution in [0.2, 0.25) is 10.0 Å². The van der Waals surface area contributed by atoms with Crippen molar-refractivity contribution in [1.82, 2.24) is 4.90 Å². The van der Waals surface area contributed by atoms with Crippen LogP contribution in [-0.4, -0.2) is 24.5 Å². The Labute approximate surface area is 184 Å². The third-order valence-electron chi connectivity index (χ3n) is 7.17. The second-order valence-electron chi connectivity index (χ2n) is 9.09. The lowest BCUT2D eigenvalue weighted by atomic mass is 9.82. The third kappa shape index (κ3) is 3.97. The molecule has 0 aromatic heterocycles. The lowest BCUT2D eigenvalue weighted by molar-refractivity contribution is -0.0983. The molecule has 0 bridgehead atoms. The molecule has 5 rings (SSSR count). The van der Waals surface area contributed by atoms with E-state index in [4.69, 9.17) is 27.9 Å². The largest absolute Gasteiger partial charge is 0.358 e. The molecule has 2 aromatic carbocycles. The second-order valence-corrected chi connectivity index (χ2v) is 9.96. The molecule has 2 aliphatic heterocycles. The molecule has 0 N–H and O–H groups in total. The summed E-state index contributed by atoms with van der Waals surface area (Å²) in [4.78, 5) is 2.68. The highest BCUT2D eigenvalue weighted by Gasteiger charge is 2.47. The molecular weight excluding hydrogens is 401 g/mol. The molecule has 0 radical (unpaired) electrons. The van der Waals surface area contributed by atoms with E-state index in [9.17, 15) is 0 Å². The fraction of sp³-hybridized carbons (Fsp3) is 0.520. The summed E-state index contributed by atoms with van der Waals surface area (Å²) in [6, 6.07) is 14.5. The Morgan fingerprint density at radius 3 is 2.34 bits per heavy atom. The van der Waals surface area contributed by atoms with Gasteiger partial charge >= 0.3 is 0 Å². The summed E-state index contributed by atoms with van der Waals surface area (Å²) in [5, 5.41) is 1.33. The average molecular weight is 430 g/mol. The predicted octanol–water partition coefficient (Wildman–Crippen LogP) is 6.98. The van der Waals surface area contributed by atoms with E-state index in [1.54, 1.807) is 6.07 Å². The SMILES string of the molecule is Clc1cc(Cl)cc(C2OC3(CCN(CC4CCCCC4)CC3)c3ccccc32)c1. The summed E-state index contributed by atoms with van der Waals surface area (Å²) < 4.78 is 6.85. The van der Waals surface area contributed by atoms with Crippen LogP contribution in [0, 0.1) is 5.92 Å². The fourth-order valence-electron chi connectivity index (χ4n) is 5.69. The van der Waals surface area contributed by atoms with Gasteiger partial charge in [0.05, 0.1) is 5.60 Å². The van der Waals surface area contributed by atoms with E-state index < -0.39 is 0 Å². The molecular formula is C25H29Cl2NO. The first-order chi connectivity index (χ1) is 14.1. The summed E-state index contributed by atoms with van der Waals surface area (Å²) in [5.41, 5.74) is 3.50. The number of fused-ring (bicyclic) bond motifs is 2. The van der Waals surface area contributed by atoms with E-state index in [1.807, 2.05) is 12.1 Å². The van der Waals surface area contributed by atoms with Gasteiger partial charge in [0.1, 0.15) is 6.10 Å². The van der Waals surface area contributed by atoms with Crippen LogP contribution in [0.4, 0.5) is 0 Å². The van der Waals surface area contributed by atoms with Crippen LogP contribution in [0.1, 0.15) is 67.7 Å². The molecule has 154 valence electrons. The maximum absolute atomic E-state index is 6.85. The number of rotatable bonds is 3. The monoisotopic (exact) mass is 429 g/mol. The summed E-state index contributed by atoms with van der Waals surface area (Å²) in [6.45, 7) is 3.51. The van der Waals surface area contributed by atoms with Crippen molar-refractivity contribution in [1.29, 1.82) is 0 Å². The Morgan fingerprint density at radius 1 is 0.931 bits per heavy atom. The molecule has 2 aromatic rings. The summed E-state index contributed by atoms with van der Waals surface area (Å²) >= 11 is 12.6. The number of likely N-dealkylation sites (tertiary alicyclic amines) is 1. The van der Waals surface area contributed by atoms with Gasteiger partial charge in [0.25, 0.3) is 0 Å². The molecule has 0 amide bonds. The van der Waals surface area contributed by atoms with Gasteiger partial charge in [0.15, 0.2) is 0 Å². The normalized spacial score (nSPS) is 24.7. The average Bonchev–Trinajstić information content (AvgIpc) is 3.05. The van der Waals surface area contributed by atoms with Gasteiger partial charge in [0, 0.05) is 29.7 Å². The van der Waals surface area contributed by atoms with Gasteiger partial charge in [-0.15, -0.1) is 0 Å². The van der Waals surface area contributed by atoms with Crippen molar-refractivity contribution in [3.05, 3.63) is 69.2 Å². The summed E-state index contributed by atoms with van der Waals surface area (Å²) in [7, 11) is 0. The Kier molecular flexibility index (Phi) is 5.64. The molecule has 29 heavy (non-hydrogen) atoms. The van der Waals surface area contributed by atoms with Crippen molar-refractivity contribution < 1.29 is 4.74 Å². The highest BCUT2D eigenvalue weighted by Crippen LogP contribution is 2.51. The van der Waals surface area contributed by atoms with Crippen LogP contribution < -0.4 is 0 Å². The van der Waals surface area contributed by atoms with Gasteiger partial charge in [-0.3, -0.25) is 0 Å². The first kappa shape index (κ1) is 19.9. The maximum atomic E-state index is 6.85. The minimum Gasteiger partial charge on any atom is -0.358 e. The second kappa shape index (κ2) is 8.23. The topological polar surface area (TPSA) is 12.5 Å². The molecule has 2 fully saturated rings. The highest BCUT2D eigenvalue weighted by atomic mass is 35.5. The van der Waals surface area contributed by atoms with Crippen LogP contribution in [0.25, 0.3) is 0 Å². The van der Waals surface area contributed by atoms with Crippen molar-refractivity contribution in [2.75, 3.05) is 19.6 Å². The fourth-order valence-corrected chi connectivity index (χ4v) is 6.23. The minimum atomic E-state index is -0.181. The Morgan fingerprint density at radius 2 is 1.62 bits per heavy atom. The zero-order valence-electron chi connectivity index (χ0n) is 16.9. The van der Waals surface area contributed by atoms with Crippen LogP contribution >= 0.6 is 23.2 Å². The Bertz CT molecular complexity index is 849. The van der Waals surface area contributed by atoms with Gasteiger partial charge in [0.2, 0.25) is 0 Å². The van der Waals surface area contributed by atoms with E-state index in [0.29, 0.717) is 10.0 Å². The predicted molar refractivity (Wildman–Crippen MR) is 120 cm³/mol. The van der Waals surface area contributed by atoms with Crippen molar-refractivity contribution in [3.63, 3.8) is 0 Å². The molecule has 1 atom stereocenters. The van der Waals surface area contributed by atoms with Gasteiger partial charge < -0.3 is 9.64 Å². The molecule has 1 saturated carbocycles. The lowest BCUT2D eigenvalue weighted by Gasteiger charge is -2.41. The first-order valence-electron chi connectivity index (χ1n) is 11.1. The number of hydrogen-bond acceptors (Lipinski definition) is 2. The summed E-state index contributed by atoms with van der Waals surface area (Å²) in [6.07, 6.45) is 9.12. The molecule has 3 aliphatic rings. The first-order valence-corrected chi connectivity index (χ1v) is 11.8. The van der Waals surface area contributed by atoms with Crippen LogP contribution in [0.15, 0.2) is 42.5 Å². The third-order valence-corrected chi connectivity index (χ3v) is 7.61. The minimum absolute atomic E-state index is 0.0905. The van der Waals surface area contributed by atoms with Gasteiger partial charge in [-0.05, 0) is 66.5 Å². The molecule has 1 unspecified atom stereocenters. The zero-order chi connectivity index (χ0) is 19.8. The Hall–Kier alpha value is -1.06. The zero-order valence-corrected chi connectivity index (χ0v) is 18.4. The molecule has 4 heteroatoms. The van der Waals surface area contributed by atoms with E-state index in [-0.39, 0.29) is 11.7 Å². The highest BCUT2D eigenvalue weighted by molar-refractivity contribution is 6.34. The standard InChI is InChI=1S/C25H29Cl2NO/c26-20-14-19(15-21(27)16-20)24-22-8-4-5-9-23(22)25(29-24)10-12-28(13-11-25)17-18-6-2-1-3-7-18/h4-5,8-9,14-16,18,24H,1-3,6-7,10-13,17H2. The van der Waals surface area contributed by atoms with Crippen molar-refractivity contribution in [2.45, 2.75) is 56.7 Å². The number of benzene rings is 2. The van der Waals surface area contributed by atoms with Gasteiger partial charge in [-0.1, -0.05) is 66.7 Å². The molecule has 1 spiro atoms. The number of piperidine rings is 1. The quantitative estimate of drug-likeness (QED) is 0.521. The van der Waals surface area contributed by atoms with Crippen LogP contribution in [0.5, 0.6) is 0 Å². The summed E-state index contributed by atoms with van der Waals surface area (Å²) in [5.74, 6) is 0.899. The van der Waals surface area contributed by atoms with Crippen LogP contribution in [-0.2, 0) is 10.3 Å². The maximum Gasteiger partial charge on any atom is 0.109 e. The molecule has 2 nitrogen and oxygen atoms in total. The number of halogens is 2. The van der Waals surface area contributed by atoms with Gasteiger partial charge in [-0.2, -0.15) is 0 Å². The van der Waals surface area contributed by atoms with E-state index in [0.717, 1.165) is 37.4 Å². The van der Waals surface area contributed by atoms with Gasteiger partial charge in [-0.25, -0.2) is 0 Å². The van der Waals surface area contributed by atoms with E-state index >= 15 is 0 Å². The van der Waals surface area contributed by atoms with E-state index in [2.05, 4.69) is 29.2 Å².